The molecule has 0 aromatic carbocycles. The van der Waals surface area contributed by atoms with E-state index in [2.05, 4.69) is 24.3 Å². The smallest absolute Gasteiger partial charge is 0.146 e. The first-order chi connectivity index (χ1) is 9.44. The van der Waals surface area contributed by atoms with E-state index in [0.717, 1.165) is 25.7 Å². The molecule has 1 saturated carbocycles. The van der Waals surface area contributed by atoms with Crippen LogP contribution >= 0.6 is 0 Å². The molecule has 5 heteroatoms. The Morgan fingerprint density at radius 3 is 2.50 bits per heavy atom. The number of hydrogen-bond acceptors (Lipinski definition) is 4. The van der Waals surface area contributed by atoms with Crippen LogP contribution in [-0.4, -0.2) is 17.7 Å². The summed E-state index contributed by atoms with van der Waals surface area (Å²) in [7, 11) is 1.68. The summed E-state index contributed by atoms with van der Waals surface area (Å²) in [4.78, 5) is 3.79. The zero-order valence-corrected chi connectivity index (χ0v) is 12.4. The third-order valence-corrected chi connectivity index (χ3v) is 4.66. The molecule has 1 unspecified atom stereocenters. The van der Waals surface area contributed by atoms with E-state index in [1.54, 1.807) is 19.4 Å². The van der Waals surface area contributed by atoms with Crippen molar-refractivity contribution in [2.75, 3.05) is 7.11 Å². The van der Waals surface area contributed by atoms with Crippen LogP contribution in [0.2, 0.25) is 0 Å². The number of nitrogens with two attached hydrogens (primary N) is 1. The van der Waals surface area contributed by atoms with E-state index in [9.17, 15) is 4.39 Å². The summed E-state index contributed by atoms with van der Waals surface area (Å²) in [5, 5.41) is 0. The second kappa shape index (κ2) is 5.76. The molecule has 1 aliphatic carbocycles. The molecule has 0 saturated heterocycles. The number of nitrogens with zero attached hydrogens (tertiary/aromatic N) is 1. The minimum absolute atomic E-state index is 0.304. The van der Waals surface area contributed by atoms with Crippen LogP contribution in [0.15, 0.2) is 18.5 Å². The fourth-order valence-electron chi connectivity index (χ4n) is 3.11. The van der Waals surface area contributed by atoms with Crippen molar-refractivity contribution in [3.63, 3.8) is 0 Å². The Morgan fingerprint density at radius 1 is 1.35 bits per heavy atom. The van der Waals surface area contributed by atoms with Crippen molar-refractivity contribution in [1.82, 2.24) is 10.4 Å². The molecule has 1 atom stereocenters. The van der Waals surface area contributed by atoms with Crippen LogP contribution in [0.1, 0.15) is 51.1 Å². The van der Waals surface area contributed by atoms with Gasteiger partial charge in [-0.2, -0.15) is 0 Å². The zero-order valence-electron chi connectivity index (χ0n) is 12.4. The Hall–Kier alpha value is -1.04. The summed E-state index contributed by atoms with van der Waals surface area (Å²) in [6, 6.07) is 1.30. The molecule has 0 bridgehead atoms. The largest absolute Gasteiger partial charge is 0.376 e. The van der Waals surface area contributed by atoms with Crippen LogP contribution in [-0.2, 0) is 4.74 Å². The molecule has 0 amide bonds. The molecule has 0 spiro atoms. The standard InChI is InChI=1S/C15H24FN3O/c1-14(2)5-7-15(20-3,8-6-14)13(19-17)11-4-9-18-10-12(11)16/h4,9-10,13,19H,5-8,17H2,1-3H3. The average molecular weight is 281 g/mol. The molecule has 112 valence electrons. The van der Waals surface area contributed by atoms with Gasteiger partial charge in [-0.1, -0.05) is 13.8 Å². The van der Waals surface area contributed by atoms with Gasteiger partial charge in [0, 0.05) is 18.9 Å². The zero-order chi connectivity index (χ0) is 14.8. The molecule has 1 fully saturated rings. The third-order valence-electron chi connectivity index (χ3n) is 4.66. The van der Waals surface area contributed by atoms with Crippen LogP contribution in [0, 0.1) is 11.2 Å². The van der Waals surface area contributed by atoms with Crippen LogP contribution in [0.25, 0.3) is 0 Å². The van der Waals surface area contributed by atoms with Crippen molar-refractivity contribution in [3.05, 3.63) is 29.8 Å². The first-order valence-corrected chi connectivity index (χ1v) is 7.05. The minimum Gasteiger partial charge on any atom is -0.376 e. The van der Waals surface area contributed by atoms with Crippen LogP contribution in [0.5, 0.6) is 0 Å². The fourth-order valence-corrected chi connectivity index (χ4v) is 3.11. The van der Waals surface area contributed by atoms with Gasteiger partial charge < -0.3 is 4.74 Å². The molecule has 3 N–H and O–H groups in total. The van der Waals surface area contributed by atoms with Gasteiger partial charge in [0.2, 0.25) is 0 Å². The molecule has 2 rings (SSSR count). The highest BCUT2D eigenvalue weighted by Crippen LogP contribution is 2.47. The van der Waals surface area contributed by atoms with Gasteiger partial charge in [-0.3, -0.25) is 10.8 Å². The minimum atomic E-state index is -0.466. The quantitative estimate of drug-likeness (QED) is 0.658. The number of hydrogen-bond donors (Lipinski definition) is 2. The van der Waals surface area contributed by atoms with Gasteiger partial charge in [0.25, 0.3) is 0 Å². The molecule has 1 aromatic rings. The number of nitrogens with one attached hydrogen (secondary N) is 1. The molecular formula is C15H24FN3O. The summed E-state index contributed by atoms with van der Waals surface area (Å²) < 4.78 is 19.8. The normalized spacial score (nSPS) is 22.4. The lowest BCUT2D eigenvalue weighted by Crippen LogP contribution is -2.51. The van der Waals surface area contributed by atoms with Gasteiger partial charge in [-0.25, -0.2) is 9.82 Å². The number of hydrazine groups is 1. The average Bonchev–Trinajstić information content (AvgIpc) is 2.44. The predicted octanol–water partition coefficient (Wildman–Crippen LogP) is 2.71. The van der Waals surface area contributed by atoms with Crippen LogP contribution in [0.3, 0.4) is 0 Å². The number of aromatic nitrogens is 1. The van der Waals surface area contributed by atoms with Crippen molar-refractivity contribution in [2.45, 2.75) is 51.2 Å². The van der Waals surface area contributed by atoms with E-state index >= 15 is 0 Å². The van der Waals surface area contributed by atoms with Gasteiger partial charge >= 0.3 is 0 Å². The van der Waals surface area contributed by atoms with E-state index in [1.807, 2.05) is 0 Å². The van der Waals surface area contributed by atoms with Crippen molar-refractivity contribution < 1.29 is 9.13 Å². The molecular weight excluding hydrogens is 257 g/mol. The van der Waals surface area contributed by atoms with Crippen LogP contribution < -0.4 is 11.3 Å². The number of halogens is 1. The highest BCUT2D eigenvalue weighted by molar-refractivity contribution is 5.22. The molecule has 20 heavy (non-hydrogen) atoms. The summed E-state index contributed by atoms with van der Waals surface area (Å²) in [5.41, 5.74) is 3.11. The van der Waals surface area contributed by atoms with Gasteiger partial charge in [0.15, 0.2) is 0 Å². The Balaban J connectivity index is 2.32. The summed E-state index contributed by atoms with van der Waals surface area (Å²) >= 11 is 0. The SMILES string of the molecule is COC1(C(NN)c2ccncc2F)CCC(C)(C)CC1. The lowest BCUT2D eigenvalue weighted by atomic mass is 9.67. The Labute approximate surface area is 119 Å². The summed E-state index contributed by atoms with van der Waals surface area (Å²) in [5.74, 6) is 5.37. The van der Waals surface area contributed by atoms with E-state index in [0.29, 0.717) is 11.0 Å². The maximum absolute atomic E-state index is 14.0. The van der Waals surface area contributed by atoms with Crippen molar-refractivity contribution in [1.29, 1.82) is 0 Å². The van der Waals surface area contributed by atoms with E-state index in [1.165, 1.54) is 6.20 Å². The number of pyridine rings is 1. The van der Waals surface area contributed by atoms with E-state index in [-0.39, 0.29) is 11.9 Å². The third kappa shape index (κ3) is 2.85. The van der Waals surface area contributed by atoms with Gasteiger partial charge in [0.05, 0.1) is 17.8 Å². The molecule has 0 radical (unpaired) electrons. The number of ether oxygens (including phenoxy) is 1. The van der Waals surface area contributed by atoms with E-state index < -0.39 is 5.60 Å². The van der Waals surface area contributed by atoms with Crippen molar-refractivity contribution >= 4 is 0 Å². The summed E-state index contributed by atoms with van der Waals surface area (Å²) in [6.45, 7) is 4.51. The van der Waals surface area contributed by atoms with Crippen LogP contribution in [0.4, 0.5) is 4.39 Å². The molecule has 4 nitrogen and oxygen atoms in total. The van der Waals surface area contributed by atoms with E-state index in [4.69, 9.17) is 10.6 Å². The second-order valence-corrected chi connectivity index (χ2v) is 6.43. The highest BCUT2D eigenvalue weighted by atomic mass is 19.1. The Bertz CT molecular complexity index is 454. The fraction of sp³-hybridized carbons (Fsp3) is 0.667. The number of rotatable bonds is 4. The number of methoxy groups -OCH3 is 1. The predicted molar refractivity (Wildman–Crippen MR) is 76.2 cm³/mol. The Kier molecular flexibility index (Phi) is 4.42. The van der Waals surface area contributed by atoms with Crippen molar-refractivity contribution in [2.24, 2.45) is 11.3 Å². The lowest BCUT2D eigenvalue weighted by Gasteiger charge is -2.46. The topological polar surface area (TPSA) is 60.2 Å². The maximum atomic E-state index is 14.0. The van der Waals surface area contributed by atoms with Crippen molar-refractivity contribution in [3.8, 4) is 0 Å². The highest BCUT2D eigenvalue weighted by Gasteiger charge is 2.45. The Morgan fingerprint density at radius 2 is 2.00 bits per heavy atom. The monoisotopic (exact) mass is 281 g/mol. The van der Waals surface area contributed by atoms with Gasteiger partial charge in [-0.05, 0) is 37.2 Å². The first-order valence-electron chi connectivity index (χ1n) is 7.05. The molecule has 1 aliphatic rings. The summed E-state index contributed by atoms with van der Waals surface area (Å²) in [6.07, 6.45) is 6.58. The van der Waals surface area contributed by atoms with Gasteiger partial charge in [0.1, 0.15) is 5.82 Å². The second-order valence-electron chi connectivity index (χ2n) is 6.43. The lowest BCUT2D eigenvalue weighted by molar-refractivity contribution is -0.0883. The molecule has 1 aromatic heterocycles. The first kappa shape index (κ1) is 15.4. The van der Waals surface area contributed by atoms with Gasteiger partial charge in [-0.15, -0.1) is 0 Å². The maximum Gasteiger partial charge on any atom is 0.146 e. The molecule has 0 aliphatic heterocycles. The molecule has 1 heterocycles.